The molecule has 1 aliphatic carbocycles. The lowest BCUT2D eigenvalue weighted by Gasteiger charge is -2.21. The van der Waals surface area contributed by atoms with Crippen molar-refractivity contribution in [2.45, 2.75) is 57.5 Å². The Hall–Kier alpha value is -2.04. The second kappa shape index (κ2) is 8.11. The molecule has 3 atom stereocenters. The Morgan fingerprint density at radius 3 is 2.35 bits per heavy atom. The molecule has 2 rings (SSSR count). The minimum atomic E-state index is -4.54. The van der Waals surface area contributed by atoms with Crippen molar-refractivity contribution in [2.75, 3.05) is 17.3 Å². The summed E-state index contributed by atoms with van der Waals surface area (Å²) < 4.78 is 65.2. The zero-order valence-corrected chi connectivity index (χ0v) is 14.2. The highest BCUT2D eigenvalue weighted by Gasteiger charge is 2.36. The summed E-state index contributed by atoms with van der Waals surface area (Å²) >= 11 is 0. The second-order valence-electron chi connectivity index (χ2n) is 6.15. The summed E-state index contributed by atoms with van der Waals surface area (Å²) in [4.78, 5) is 11.6. The van der Waals surface area contributed by atoms with E-state index in [1.165, 1.54) is 6.92 Å². The van der Waals surface area contributed by atoms with E-state index in [9.17, 15) is 27.1 Å². The maximum Gasteiger partial charge on any atom is 0.408 e. The van der Waals surface area contributed by atoms with Gasteiger partial charge in [-0.3, -0.25) is 0 Å². The van der Waals surface area contributed by atoms with E-state index >= 15 is 0 Å². The minimum Gasteiger partial charge on any atom is -0.386 e. The van der Waals surface area contributed by atoms with Gasteiger partial charge >= 0.3 is 6.18 Å². The van der Waals surface area contributed by atoms with Crippen LogP contribution < -0.4 is 10.6 Å². The van der Waals surface area contributed by atoms with Gasteiger partial charge in [0.15, 0.2) is 5.82 Å². The molecule has 1 unspecified atom stereocenters. The van der Waals surface area contributed by atoms with Gasteiger partial charge in [0.05, 0.1) is 6.04 Å². The molecule has 0 amide bonds. The molecule has 0 fully saturated rings. The first-order chi connectivity index (χ1) is 12.1. The molecule has 146 valence electrons. The van der Waals surface area contributed by atoms with Crippen molar-refractivity contribution < 1.29 is 27.1 Å². The van der Waals surface area contributed by atoms with E-state index in [1.54, 1.807) is 0 Å². The van der Waals surface area contributed by atoms with Gasteiger partial charge in [-0.2, -0.15) is 28.1 Å². The zero-order valence-electron chi connectivity index (χ0n) is 14.2. The third-order valence-electron chi connectivity index (χ3n) is 3.83. The molecule has 11 heteroatoms. The van der Waals surface area contributed by atoms with Crippen molar-refractivity contribution in [2.24, 2.45) is 0 Å². The van der Waals surface area contributed by atoms with Gasteiger partial charge in [0.2, 0.25) is 11.9 Å². The Balaban J connectivity index is 2.42. The molecule has 0 bridgehead atoms. The minimum absolute atomic E-state index is 0.00446. The van der Waals surface area contributed by atoms with Gasteiger partial charge in [-0.15, -0.1) is 0 Å². The molecule has 0 aromatic carbocycles. The van der Waals surface area contributed by atoms with E-state index < -0.39 is 42.8 Å². The van der Waals surface area contributed by atoms with Crippen LogP contribution in [-0.2, 0) is 0 Å². The molecule has 3 N–H and O–H groups in total. The summed E-state index contributed by atoms with van der Waals surface area (Å²) in [7, 11) is 0. The van der Waals surface area contributed by atoms with E-state index in [2.05, 4.69) is 25.6 Å². The SMILES string of the molecule is C[C@H](CF)Nc1nc(N[C@H](C)C(F)(F)F)nc(C2=C(F)C(O)CCC2)n1. The van der Waals surface area contributed by atoms with Crippen LogP contribution >= 0.6 is 0 Å². The molecule has 26 heavy (non-hydrogen) atoms. The lowest BCUT2D eigenvalue weighted by Crippen LogP contribution is -2.34. The summed E-state index contributed by atoms with van der Waals surface area (Å²) in [5, 5.41) is 14.3. The first-order valence-electron chi connectivity index (χ1n) is 8.10. The Bertz CT molecular complexity index is 666. The molecule has 1 aromatic rings. The van der Waals surface area contributed by atoms with Crippen molar-refractivity contribution in [1.82, 2.24) is 15.0 Å². The number of nitrogens with one attached hydrogen (secondary N) is 2. The summed E-state index contributed by atoms with van der Waals surface area (Å²) in [5.74, 6) is -1.62. The fourth-order valence-corrected chi connectivity index (χ4v) is 2.31. The number of aliphatic hydroxyl groups is 1. The Kier molecular flexibility index (Phi) is 6.32. The molecule has 1 aliphatic rings. The number of hydrogen-bond acceptors (Lipinski definition) is 6. The standard InChI is InChI=1S/C15H20F5N5O/c1-7(6-16)21-13-23-12(9-4-3-5-10(26)11(9)17)24-14(25-13)22-8(2)15(18,19)20/h7-8,10,26H,3-6H2,1-2H3,(H2,21,22,23,24,25)/t7-,8-,10?/m1/s1. The molecule has 1 heterocycles. The van der Waals surface area contributed by atoms with Crippen molar-refractivity contribution in [1.29, 1.82) is 0 Å². The molecular weight excluding hydrogens is 361 g/mol. The summed E-state index contributed by atoms with van der Waals surface area (Å²) in [6.45, 7) is 1.60. The van der Waals surface area contributed by atoms with Crippen LogP contribution in [0.3, 0.4) is 0 Å². The van der Waals surface area contributed by atoms with Gasteiger partial charge in [-0.1, -0.05) is 0 Å². The third kappa shape index (κ3) is 4.99. The van der Waals surface area contributed by atoms with E-state index in [1.807, 2.05) is 0 Å². The number of hydrogen-bond donors (Lipinski definition) is 3. The maximum atomic E-state index is 14.2. The number of halogens is 5. The summed E-state index contributed by atoms with van der Waals surface area (Å²) in [6, 6.07) is -2.66. The number of aliphatic hydroxyl groups excluding tert-OH is 1. The van der Waals surface area contributed by atoms with Gasteiger partial charge in [-0.05, 0) is 33.1 Å². The Morgan fingerprint density at radius 2 is 1.77 bits per heavy atom. The highest BCUT2D eigenvalue weighted by atomic mass is 19.4. The van der Waals surface area contributed by atoms with Gasteiger partial charge in [0.25, 0.3) is 0 Å². The van der Waals surface area contributed by atoms with Gasteiger partial charge in [-0.25, -0.2) is 8.78 Å². The monoisotopic (exact) mass is 381 g/mol. The molecule has 0 aliphatic heterocycles. The third-order valence-corrected chi connectivity index (χ3v) is 3.83. The average molecular weight is 381 g/mol. The number of anilines is 2. The van der Waals surface area contributed by atoms with Crippen LogP contribution in [0.4, 0.5) is 33.8 Å². The Morgan fingerprint density at radius 1 is 1.15 bits per heavy atom. The number of alkyl halides is 4. The normalized spacial score (nSPS) is 20.7. The van der Waals surface area contributed by atoms with Gasteiger partial charge in [0.1, 0.15) is 24.6 Å². The maximum absolute atomic E-state index is 14.2. The molecule has 0 saturated carbocycles. The van der Waals surface area contributed by atoms with E-state index in [0.717, 1.165) is 6.92 Å². The van der Waals surface area contributed by atoms with Gasteiger partial charge in [0, 0.05) is 5.57 Å². The Labute approximate surface area is 146 Å². The number of aromatic nitrogens is 3. The summed E-state index contributed by atoms with van der Waals surface area (Å²) in [6.07, 6.45) is -4.92. The van der Waals surface area contributed by atoms with Crippen molar-refractivity contribution in [3.05, 3.63) is 11.7 Å². The van der Waals surface area contributed by atoms with Crippen LogP contribution in [0.1, 0.15) is 38.9 Å². The molecule has 6 nitrogen and oxygen atoms in total. The number of allylic oxidation sites excluding steroid dienone is 1. The van der Waals surface area contributed by atoms with Crippen LogP contribution in [0.2, 0.25) is 0 Å². The van der Waals surface area contributed by atoms with Crippen LogP contribution in [0.15, 0.2) is 5.83 Å². The highest BCUT2D eigenvalue weighted by molar-refractivity contribution is 5.65. The smallest absolute Gasteiger partial charge is 0.386 e. The van der Waals surface area contributed by atoms with E-state index in [0.29, 0.717) is 6.42 Å². The quantitative estimate of drug-likeness (QED) is 0.657. The molecule has 0 radical (unpaired) electrons. The fourth-order valence-electron chi connectivity index (χ4n) is 2.31. The zero-order chi connectivity index (χ0) is 19.5. The topological polar surface area (TPSA) is 83.0 Å². The highest BCUT2D eigenvalue weighted by Crippen LogP contribution is 2.32. The van der Waals surface area contributed by atoms with Crippen molar-refractivity contribution in [3.8, 4) is 0 Å². The van der Waals surface area contributed by atoms with E-state index in [-0.39, 0.29) is 30.2 Å². The predicted octanol–water partition coefficient (Wildman–Crippen LogP) is 3.23. The lowest BCUT2D eigenvalue weighted by atomic mass is 9.96. The number of nitrogens with zero attached hydrogens (tertiary/aromatic N) is 3. The largest absolute Gasteiger partial charge is 0.408 e. The van der Waals surface area contributed by atoms with Crippen LogP contribution in [0, 0.1) is 0 Å². The number of rotatable bonds is 6. The second-order valence-corrected chi connectivity index (χ2v) is 6.15. The molecule has 1 aromatic heterocycles. The first-order valence-corrected chi connectivity index (χ1v) is 8.10. The fraction of sp³-hybridized carbons (Fsp3) is 0.667. The van der Waals surface area contributed by atoms with Crippen LogP contribution in [0.5, 0.6) is 0 Å². The van der Waals surface area contributed by atoms with E-state index in [4.69, 9.17) is 0 Å². The lowest BCUT2D eigenvalue weighted by molar-refractivity contribution is -0.138. The molecule has 0 spiro atoms. The van der Waals surface area contributed by atoms with Crippen molar-refractivity contribution >= 4 is 17.5 Å². The van der Waals surface area contributed by atoms with Crippen LogP contribution in [-0.4, -0.2) is 51.1 Å². The van der Waals surface area contributed by atoms with Crippen LogP contribution in [0.25, 0.3) is 5.57 Å². The van der Waals surface area contributed by atoms with Gasteiger partial charge < -0.3 is 15.7 Å². The van der Waals surface area contributed by atoms with Crippen molar-refractivity contribution in [3.63, 3.8) is 0 Å². The predicted molar refractivity (Wildman–Crippen MR) is 85.9 cm³/mol. The average Bonchev–Trinajstić information content (AvgIpc) is 2.56. The molecular formula is C15H20F5N5O. The molecule has 0 saturated heterocycles. The first kappa shape index (κ1) is 20.3. The summed E-state index contributed by atoms with van der Waals surface area (Å²) in [5.41, 5.74) is 0.00446.